The zero-order chi connectivity index (χ0) is 27.1. The van der Waals surface area contributed by atoms with Crippen LogP contribution < -0.4 is 19.1 Å². The maximum atomic E-state index is 13.9. The number of aryl methyl sites for hydroxylation is 1. The first kappa shape index (κ1) is 25.2. The molecule has 38 heavy (non-hydrogen) atoms. The summed E-state index contributed by atoms with van der Waals surface area (Å²) in [5.74, 6) is -0.794. The highest BCUT2D eigenvalue weighted by molar-refractivity contribution is 6.31. The second-order valence-corrected chi connectivity index (χ2v) is 9.14. The number of nitrogens with zero attached hydrogens (tertiary/aromatic N) is 1. The average Bonchev–Trinajstić information content (AvgIpc) is 3.48. The molecule has 0 bridgehead atoms. The van der Waals surface area contributed by atoms with Gasteiger partial charge in [0, 0.05) is 16.1 Å². The molecule has 9 heteroatoms. The summed E-state index contributed by atoms with van der Waals surface area (Å²) in [6.07, 6.45) is 0. The molecule has 8 nitrogen and oxygen atoms in total. The average molecular weight is 534 g/mol. The Hall–Kier alpha value is -4.43. The molecule has 1 N–H and O–H groups in total. The van der Waals surface area contributed by atoms with Crippen molar-refractivity contribution in [1.82, 2.24) is 0 Å². The predicted molar refractivity (Wildman–Crippen MR) is 143 cm³/mol. The molecule has 0 saturated heterocycles. The van der Waals surface area contributed by atoms with Gasteiger partial charge in [-0.05, 0) is 54.4 Å². The number of benzene rings is 3. The van der Waals surface area contributed by atoms with Gasteiger partial charge < -0.3 is 23.7 Å². The zero-order valence-corrected chi connectivity index (χ0v) is 21.8. The third kappa shape index (κ3) is 4.03. The molecule has 4 aromatic rings. The highest BCUT2D eigenvalue weighted by atomic mass is 35.5. The van der Waals surface area contributed by atoms with E-state index in [1.165, 1.54) is 26.2 Å². The number of anilines is 1. The third-order valence-corrected chi connectivity index (χ3v) is 6.79. The largest absolute Gasteiger partial charge is 0.503 e. The van der Waals surface area contributed by atoms with Crippen molar-refractivity contribution in [3.63, 3.8) is 0 Å². The number of para-hydroxylation sites is 1. The van der Waals surface area contributed by atoms with Crippen molar-refractivity contribution in [2.45, 2.75) is 13.0 Å². The number of furan rings is 1. The molecule has 0 saturated carbocycles. The van der Waals surface area contributed by atoms with Gasteiger partial charge in [0.1, 0.15) is 0 Å². The summed E-state index contributed by atoms with van der Waals surface area (Å²) in [5, 5.41) is 12.2. The van der Waals surface area contributed by atoms with Crippen LogP contribution >= 0.6 is 11.6 Å². The summed E-state index contributed by atoms with van der Waals surface area (Å²) in [6.45, 7) is 1.81. The van der Waals surface area contributed by atoms with Crippen molar-refractivity contribution in [3.8, 4) is 17.2 Å². The Kier molecular flexibility index (Phi) is 6.50. The molecule has 0 aliphatic carbocycles. The molecule has 1 aromatic heterocycles. The molecule has 3 aromatic carbocycles. The van der Waals surface area contributed by atoms with Crippen molar-refractivity contribution in [3.05, 3.63) is 93.9 Å². The lowest BCUT2D eigenvalue weighted by molar-refractivity contribution is -0.117. The number of carbonyl (C=O) groups excluding carboxylic acids is 2. The fourth-order valence-electron chi connectivity index (χ4n) is 4.71. The normalized spacial score (nSPS) is 15.3. The number of methoxy groups -OCH3 is 3. The van der Waals surface area contributed by atoms with Crippen LogP contribution in [0, 0.1) is 6.92 Å². The van der Waals surface area contributed by atoms with E-state index in [-0.39, 0.29) is 11.3 Å². The number of aliphatic hydroxyl groups is 1. The van der Waals surface area contributed by atoms with Crippen molar-refractivity contribution in [2.75, 3.05) is 26.2 Å². The van der Waals surface area contributed by atoms with Gasteiger partial charge in [-0.1, -0.05) is 35.9 Å². The quantitative estimate of drug-likeness (QED) is 0.282. The number of Topliss-reactive ketones (excluding diaryl/α,β-unsaturated/α-hetero) is 1. The molecule has 0 spiro atoms. The number of hydrogen-bond donors (Lipinski definition) is 1. The van der Waals surface area contributed by atoms with E-state index in [4.69, 9.17) is 30.2 Å². The van der Waals surface area contributed by atoms with Crippen LogP contribution in [0.25, 0.3) is 11.0 Å². The molecule has 1 aliphatic rings. The lowest BCUT2D eigenvalue weighted by atomic mass is 9.94. The monoisotopic (exact) mass is 533 g/mol. The summed E-state index contributed by atoms with van der Waals surface area (Å²) in [4.78, 5) is 28.9. The third-order valence-electron chi connectivity index (χ3n) is 6.56. The summed E-state index contributed by atoms with van der Waals surface area (Å²) in [6, 6.07) is 15.9. The lowest BCUT2D eigenvalue weighted by Gasteiger charge is -2.28. The molecule has 1 aliphatic heterocycles. The van der Waals surface area contributed by atoms with Crippen molar-refractivity contribution >= 4 is 39.9 Å². The van der Waals surface area contributed by atoms with Gasteiger partial charge >= 0.3 is 0 Å². The number of halogens is 1. The van der Waals surface area contributed by atoms with E-state index < -0.39 is 23.5 Å². The maximum Gasteiger partial charge on any atom is 0.294 e. The van der Waals surface area contributed by atoms with Crippen LogP contribution in [0.4, 0.5) is 5.69 Å². The minimum Gasteiger partial charge on any atom is -0.503 e. The molecule has 1 unspecified atom stereocenters. The fourth-order valence-corrected chi connectivity index (χ4v) is 4.87. The highest BCUT2D eigenvalue weighted by Crippen LogP contribution is 2.45. The Bertz CT molecular complexity index is 1620. The Balaban J connectivity index is 1.71. The van der Waals surface area contributed by atoms with Crippen molar-refractivity contribution in [2.24, 2.45) is 0 Å². The van der Waals surface area contributed by atoms with E-state index >= 15 is 0 Å². The molecular formula is C29H24ClNO7. The maximum absolute atomic E-state index is 13.9. The summed E-state index contributed by atoms with van der Waals surface area (Å²) in [7, 11) is 4.50. The SMILES string of the molecule is COc1ccc(C2C(C(=O)c3cc4cccc(OC)c4o3)=C(O)C(=O)N2c2cc(Cl)ccc2C)cc1OC. The van der Waals surface area contributed by atoms with Crippen LogP contribution in [0.2, 0.25) is 5.02 Å². The number of carbonyl (C=O) groups is 2. The Morgan fingerprint density at radius 3 is 2.39 bits per heavy atom. The number of hydrogen-bond acceptors (Lipinski definition) is 7. The molecule has 1 atom stereocenters. The van der Waals surface area contributed by atoms with Gasteiger partial charge in [-0.15, -0.1) is 0 Å². The zero-order valence-electron chi connectivity index (χ0n) is 21.1. The van der Waals surface area contributed by atoms with Gasteiger partial charge in [-0.3, -0.25) is 14.5 Å². The predicted octanol–water partition coefficient (Wildman–Crippen LogP) is 6.20. The fraction of sp³-hybridized carbons (Fsp3) is 0.172. The Morgan fingerprint density at radius 1 is 0.947 bits per heavy atom. The number of fused-ring (bicyclic) bond motifs is 1. The van der Waals surface area contributed by atoms with Gasteiger partial charge in [0.25, 0.3) is 5.91 Å². The molecule has 5 rings (SSSR count). The van der Waals surface area contributed by atoms with E-state index in [2.05, 4.69) is 0 Å². The summed E-state index contributed by atoms with van der Waals surface area (Å²) in [5.41, 5.74) is 1.93. The molecule has 0 radical (unpaired) electrons. The standard InChI is InChI=1S/C29H24ClNO7/c1-15-8-10-18(30)14-19(15)31-25(16-9-11-20(35-2)22(12-16)37-4)24(27(33)29(31)34)26(32)23-13-17-6-5-7-21(36-3)28(17)38-23/h5-14,25,33H,1-4H3. The van der Waals surface area contributed by atoms with Gasteiger partial charge in [-0.25, -0.2) is 0 Å². The number of rotatable bonds is 7. The first-order chi connectivity index (χ1) is 18.3. The lowest BCUT2D eigenvalue weighted by Crippen LogP contribution is -2.31. The van der Waals surface area contributed by atoms with Crippen LogP contribution in [-0.4, -0.2) is 38.1 Å². The number of ketones is 1. The van der Waals surface area contributed by atoms with E-state index in [1.54, 1.807) is 60.7 Å². The smallest absolute Gasteiger partial charge is 0.294 e. The minimum absolute atomic E-state index is 0.0472. The highest BCUT2D eigenvalue weighted by Gasteiger charge is 2.46. The first-order valence-corrected chi connectivity index (χ1v) is 12.0. The van der Waals surface area contributed by atoms with Crippen LogP contribution in [0.3, 0.4) is 0 Å². The van der Waals surface area contributed by atoms with Gasteiger partial charge in [0.05, 0.1) is 32.9 Å². The summed E-state index contributed by atoms with van der Waals surface area (Å²) < 4.78 is 22.1. The number of aliphatic hydroxyl groups excluding tert-OH is 1. The second-order valence-electron chi connectivity index (χ2n) is 8.70. The van der Waals surface area contributed by atoms with E-state index in [0.717, 1.165) is 5.56 Å². The van der Waals surface area contributed by atoms with Crippen LogP contribution in [0.5, 0.6) is 17.2 Å². The van der Waals surface area contributed by atoms with Crippen LogP contribution in [-0.2, 0) is 4.79 Å². The van der Waals surface area contributed by atoms with Crippen molar-refractivity contribution in [1.29, 1.82) is 0 Å². The van der Waals surface area contributed by atoms with E-state index in [1.807, 2.05) is 6.92 Å². The van der Waals surface area contributed by atoms with Gasteiger partial charge in [0.2, 0.25) is 5.78 Å². The van der Waals surface area contributed by atoms with Crippen LogP contribution in [0.1, 0.15) is 27.7 Å². The van der Waals surface area contributed by atoms with Gasteiger partial charge in [0.15, 0.2) is 34.4 Å². The van der Waals surface area contributed by atoms with Crippen LogP contribution in [0.15, 0.2) is 76.4 Å². The topological polar surface area (TPSA) is 98.4 Å². The molecular weight excluding hydrogens is 510 g/mol. The minimum atomic E-state index is -1.01. The van der Waals surface area contributed by atoms with Crippen molar-refractivity contribution < 1.29 is 33.3 Å². The van der Waals surface area contributed by atoms with E-state index in [9.17, 15) is 14.7 Å². The summed E-state index contributed by atoms with van der Waals surface area (Å²) >= 11 is 6.28. The Morgan fingerprint density at radius 2 is 1.68 bits per heavy atom. The Labute approximate surface area is 223 Å². The molecule has 2 heterocycles. The van der Waals surface area contributed by atoms with Gasteiger partial charge in [-0.2, -0.15) is 0 Å². The number of ether oxygens (including phenoxy) is 3. The molecule has 1 amide bonds. The van der Waals surface area contributed by atoms with E-state index in [0.29, 0.717) is 44.5 Å². The molecule has 194 valence electrons. The first-order valence-electron chi connectivity index (χ1n) is 11.6. The molecule has 0 fully saturated rings. The second kappa shape index (κ2) is 9.79. The number of amides is 1.